The zero-order chi connectivity index (χ0) is 39.0. The Kier molecular flexibility index (Phi) is 25.3. The smallest absolute Gasteiger partial charge is 0.0493 e. The number of para-hydroxylation sites is 2. The van der Waals surface area contributed by atoms with E-state index < -0.39 is 0 Å². The van der Waals surface area contributed by atoms with Gasteiger partial charge in [0.2, 0.25) is 0 Å². The van der Waals surface area contributed by atoms with Crippen LogP contribution in [-0.2, 0) is 86.8 Å². The van der Waals surface area contributed by atoms with Gasteiger partial charge in [0, 0.05) is 130 Å². The molecule has 0 N–H and O–H groups in total. The van der Waals surface area contributed by atoms with Gasteiger partial charge in [-0.15, -0.1) is 23.3 Å². The summed E-state index contributed by atoms with van der Waals surface area (Å²) in [6.45, 7) is 15.2. The van der Waals surface area contributed by atoms with Crippen LogP contribution < -0.4 is 0 Å². The van der Waals surface area contributed by atoms with Gasteiger partial charge >= 0.3 is 0 Å². The van der Waals surface area contributed by atoms with Gasteiger partial charge in [-0.1, -0.05) is 66.7 Å². The average molecular weight is 1500 g/mol. The van der Waals surface area contributed by atoms with Crippen LogP contribution in [0.1, 0.15) is 88.5 Å². The fourth-order valence-corrected chi connectivity index (χ4v) is 5.58. The first-order valence-corrected chi connectivity index (χ1v) is 18.8. The second kappa shape index (κ2) is 28.0. The van der Waals surface area contributed by atoms with Gasteiger partial charge in [0.1, 0.15) is 0 Å². The van der Waals surface area contributed by atoms with Gasteiger partial charge < -0.3 is 0 Å². The van der Waals surface area contributed by atoms with Crippen molar-refractivity contribution in [2.24, 2.45) is 0 Å². The summed E-state index contributed by atoms with van der Waals surface area (Å²) >= 11 is 0. The first-order chi connectivity index (χ1) is 26.7. The van der Waals surface area contributed by atoms with Gasteiger partial charge in [-0.25, -0.2) is 0 Å². The Bertz CT molecular complexity index is 2230. The first kappa shape index (κ1) is 53.3. The van der Waals surface area contributed by atoms with E-state index in [-0.39, 0.29) is 80.4 Å². The van der Waals surface area contributed by atoms with E-state index >= 15 is 0 Å². The number of aromatic nitrogens is 8. The molecular weight excluding hydrogens is 1450 g/mol. The summed E-state index contributed by atoms with van der Waals surface area (Å²) in [6.07, 6.45) is 15.8. The summed E-state index contributed by atoms with van der Waals surface area (Å²) in [5.74, 6) is 1.59. The van der Waals surface area contributed by atoms with Crippen LogP contribution in [-0.4, -0.2) is 39.1 Å². The monoisotopic (exact) mass is 1500 g/mol. The molecular formula is C47H50Ir4N8-4. The Morgan fingerprint density at radius 1 is 0.475 bits per heavy atom. The van der Waals surface area contributed by atoms with E-state index in [1.807, 2.05) is 110 Å². The minimum absolute atomic E-state index is 0. The van der Waals surface area contributed by atoms with Crippen molar-refractivity contribution in [2.45, 2.75) is 72.6 Å². The van der Waals surface area contributed by atoms with Crippen LogP contribution in [0.3, 0.4) is 0 Å². The minimum Gasteiger partial charge on any atom is -0.266 e. The van der Waals surface area contributed by atoms with Gasteiger partial charge in [0.05, 0.1) is 0 Å². The van der Waals surface area contributed by atoms with E-state index in [0.29, 0.717) is 17.8 Å². The number of aryl methyl sites for hydroxylation is 1. The number of rotatable bonds is 8. The third kappa shape index (κ3) is 16.0. The number of hydrogen-bond acceptors (Lipinski definition) is 4. The van der Waals surface area contributed by atoms with Crippen LogP contribution in [0.15, 0.2) is 147 Å². The molecule has 0 atom stereocenters. The van der Waals surface area contributed by atoms with E-state index in [1.165, 1.54) is 22.3 Å². The Balaban J connectivity index is 0.000000385. The molecule has 0 saturated heterocycles. The summed E-state index contributed by atoms with van der Waals surface area (Å²) in [6, 6.07) is 44.9. The topological polar surface area (TPSA) is 71.3 Å². The molecule has 0 spiro atoms. The molecule has 0 aliphatic carbocycles. The maximum atomic E-state index is 4.21. The molecule has 0 aliphatic heterocycles. The van der Waals surface area contributed by atoms with Crippen molar-refractivity contribution in [2.75, 3.05) is 0 Å². The predicted molar refractivity (Wildman–Crippen MR) is 221 cm³/mol. The second-order valence-corrected chi connectivity index (χ2v) is 13.7. The van der Waals surface area contributed by atoms with Crippen molar-refractivity contribution >= 4 is 0 Å². The normalized spacial score (nSPS) is 9.93. The van der Waals surface area contributed by atoms with Gasteiger partial charge in [0.15, 0.2) is 0 Å². The standard InChI is InChI=1S/3C12H13N2.C11H11N2.4Ir/c1-10(2)11-4-6-12(7-5-11)14-9-3-8-13-14;1-10(2)11-5-3-6-12(9-11)14-8-4-7-13-14;1-10(2)11-6-3-4-7-12(11)14-9-5-8-13-14;1-2-10-6-3-4-7-11(10)13-9-5-8-12-13;;;;/h3-6,8-10H,1-2H3;3-5,7-10H,1-2H3;3-6,8-10H,1-2H3;3-6,8-9H,2H2,1H3;;;;/q4*-1;;;;. The van der Waals surface area contributed by atoms with E-state index in [1.54, 1.807) is 24.8 Å². The molecule has 0 aliphatic rings. The van der Waals surface area contributed by atoms with Crippen molar-refractivity contribution in [1.29, 1.82) is 0 Å². The molecule has 4 radical (unpaired) electrons. The average Bonchev–Trinajstić information content (AvgIpc) is 4.08. The van der Waals surface area contributed by atoms with Crippen LogP contribution in [0.2, 0.25) is 0 Å². The number of benzene rings is 4. The predicted octanol–water partition coefficient (Wildman–Crippen LogP) is 10.6. The van der Waals surface area contributed by atoms with Crippen LogP contribution >= 0.6 is 0 Å². The van der Waals surface area contributed by atoms with E-state index in [4.69, 9.17) is 0 Å². The fourth-order valence-electron chi connectivity index (χ4n) is 5.58. The van der Waals surface area contributed by atoms with E-state index in [2.05, 4.69) is 123 Å². The van der Waals surface area contributed by atoms with E-state index in [0.717, 1.165) is 29.2 Å². The Morgan fingerprint density at radius 2 is 0.983 bits per heavy atom. The van der Waals surface area contributed by atoms with Crippen LogP contribution in [0.25, 0.3) is 22.7 Å². The molecule has 8 nitrogen and oxygen atoms in total. The summed E-state index contributed by atoms with van der Waals surface area (Å²) in [5.41, 5.74) is 9.25. The Hall–Kier alpha value is -3.68. The minimum atomic E-state index is 0. The molecule has 0 saturated carbocycles. The third-order valence-corrected chi connectivity index (χ3v) is 8.72. The molecule has 8 rings (SSSR count). The molecule has 59 heavy (non-hydrogen) atoms. The van der Waals surface area contributed by atoms with Crippen molar-refractivity contribution in [3.8, 4) is 22.7 Å². The van der Waals surface area contributed by atoms with Crippen molar-refractivity contribution in [3.05, 3.63) is 193 Å². The maximum absolute atomic E-state index is 4.21. The third-order valence-electron chi connectivity index (χ3n) is 8.72. The molecule has 0 amide bonds. The Labute approximate surface area is 404 Å². The SMILES string of the molecule is CC(C)c1c[c-]c(-n2cccn2)cc1.CC(C)c1cc[c-]c(-n2cccn2)c1.CC(C)c1ccc[c-]c1-n1cccn1.CCc1ccc[c-]c1-n1cccn1.[Ir].[Ir].[Ir].[Ir]. The van der Waals surface area contributed by atoms with Crippen LogP contribution in [0.4, 0.5) is 0 Å². The Morgan fingerprint density at radius 3 is 1.46 bits per heavy atom. The zero-order valence-corrected chi connectivity index (χ0v) is 43.8. The van der Waals surface area contributed by atoms with Gasteiger partial charge in [-0.2, -0.15) is 116 Å². The molecule has 0 fully saturated rings. The summed E-state index contributed by atoms with van der Waals surface area (Å²) < 4.78 is 7.34. The summed E-state index contributed by atoms with van der Waals surface area (Å²) in [4.78, 5) is 0. The van der Waals surface area contributed by atoms with Crippen LogP contribution in [0, 0.1) is 24.3 Å². The first-order valence-electron chi connectivity index (χ1n) is 18.8. The maximum Gasteiger partial charge on any atom is 0.0493 e. The van der Waals surface area contributed by atoms with Crippen molar-refractivity contribution in [1.82, 2.24) is 39.1 Å². The van der Waals surface area contributed by atoms with Crippen LogP contribution in [0.5, 0.6) is 0 Å². The largest absolute Gasteiger partial charge is 0.266 e. The number of hydrogen-bond donors (Lipinski definition) is 0. The summed E-state index contributed by atoms with van der Waals surface area (Å²) in [5, 5.41) is 16.7. The zero-order valence-electron chi connectivity index (χ0n) is 34.2. The molecule has 4 aromatic heterocycles. The quantitative estimate of drug-likeness (QED) is 0.142. The molecule has 8 aromatic rings. The molecule has 0 unspecified atom stereocenters. The van der Waals surface area contributed by atoms with Gasteiger partial charge in [0.25, 0.3) is 0 Å². The van der Waals surface area contributed by atoms with Gasteiger partial charge in [-0.05, 0) is 52.9 Å². The van der Waals surface area contributed by atoms with Crippen molar-refractivity contribution in [3.63, 3.8) is 0 Å². The van der Waals surface area contributed by atoms with E-state index in [9.17, 15) is 0 Å². The summed E-state index contributed by atoms with van der Waals surface area (Å²) in [7, 11) is 0. The second-order valence-electron chi connectivity index (χ2n) is 13.7. The molecule has 12 heteroatoms. The molecule has 4 aromatic carbocycles. The fraction of sp³-hybridized carbons (Fsp3) is 0.234. The number of nitrogens with zero attached hydrogens (tertiary/aromatic N) is 8. The molecule has 318 valence electrons. The molecule has 4 heterocycles. The van der Waals surface area contributed by atoms with Crippen molar-refractivity contribution < 1.29 is 80.4 Å². The van der Waals surface area contributed by atoms with Gasteiger partial charge in [-0.3, -0.25) is 18.7 Å². The molecule has 0 bridgehead atoms.